The van der Waals surface area contributed by atoms with Gasteiger partial charge in [0.05, 0.1) is 17.7 Å². The summed E-state index contributed by atoms with van der Waals surface area (Å²) in [5.41, 5.74) is 2.92. The van der Waals surface area contributed by atoms with Crippen molar-refractivity contribution < 1.29 is 9.53 Å². The molecule has 0 spiro atoms. The summed E-state index contributed by atoms with van der Waals surface area (Å²) in [6.07, 6.45) is 3.80. The summed E-state index contributed by atoms with van der Waals surface area (Å²) in [5.74, 6) is 0.0180. The first-order chi connectivity index (χ1) is 13.1. The van der Waals surface area contributed by atoms with Crippen LogP contribution in [0, 0.1) is 12.3 Å². The van der Waals surface area contributed by atoms with Crippen LogP contribution in [0.2, 0.25) is 0 Å². The van der Waals surface area contributed by atoms with Gasteiger partial charge in [-0.3, -0.25) is 4.79 Å². The predicted octanol–water partition coefficient (Wildman–Crippen LogP) is 4.03. The number of amides is 1. The van der Waals surface area contributed by atoms with Gasteiger partial charge in [-0.2, -0.15) is 0 Å². The highest BCUT2D eigenvalue weighted by Gasteiger charge is 2.40. The third-order valence-electron chi connectivity index (χ3n) is 5.25. The third-order valence-corrected chi connectivity index (χ3v) is 6.13. The molecule has 0 bridgehead atoms. The van der Waals surface area contributed by atoms with E-state index >= 15 is 0 Å². The minimum atomic E-state index is -0.471. The van der Waals surface area contributed by atoms with Gasteiger partial charge in [0.1, 0.15) is 0 Å². The van der Waals surface area contributed by atoms with Crippen molar-refractivity contribution in [2.45, 2.75) is 39.5 Å². The number of ether oxygens (including phenoxy) is 1. The van der Waals surface area contributed by atoms with Crippen molar-refractivity contribution in [2.75, 3.05) is 32.1 Å². The largest absolute Gasteiger partial charge is 0.384 e. The topological polar surface area (TPSA) is 63.2 Å². The molecular weight excluding hydrogens is 358 g/mol. The van der Waals surface area contributed by atoms with E-state index in [0.717, 1.165) is 54.9 Å². The first-order valence-corrected chi connectivity index (χ1v) is 10.5. The zero-order valence-corrected chi connectivity index (χ0v) is 17.2. The summed E-state index contributed by atoms with van der Waals surface area (Å²) in [7, 11) is 1.66. The number of nitrogens with one attached hydrogen (secondary N) is 2. The number of aryl methyl sites for hydroxylation is 2. The molecule has 3 rings (SSSR count). The molecule has 146 valence electrons. The highest BCUT2D eigenvalue weighted by atomic mass is 32.1. The lowest BCUT2D eigenvalue weighted by Crippen LogP contribution is -2.47. The predicted molar refractivity (Wildman–Crippen MR) is 111 cm³/mol. The molecule has 5 nitrogen and oxygen atoms in total. The molecule has 1 aromatic heterocycles. The van der Waals surface area contributed by atoms with Gasteiger partial charge in [-0.25, -0.2) is 4.98 Å². The lowest BCUT2D eigenvalue weighted by molar-refractivity contribution is -0.130. The lowest BCUT2D eigenvalue weighted by Gasteiger charge is -2.35. The Hall–Kier alpha value is -1.76. The fourth-order valence-electron chi connectivity index (χ4n) is 3.68. The van der Waals surface area contributed by atoms with E-state index in [9.17, 15) is 4.79 Å². The van der Waals surface area contributed by atoms with E-state index in [1.807, 2.05) is 0 Å². The Balaban J connectivity index is 1.76. The Morgan fingerprint density at radius 3 is 2.63 bits per heavy atom. The summed E-state index contributed by atoms with van der Waals surface area (Å²) < 4.78 is 5.37. The molecule has 1 fully saturated rings. The number of carbonyl (C=O) groups excluding carboxylic acids is 1. The van der Waals surface area contributed by atoms with Crippen LogP contribution >= 0.6 is 11.3 Å². The van der Waals surface area contributed by atoms with Gasteiger partial charge in [-0.15, -0.1) is 11.3 Å². The maximum Gasteiger partial charge on any atom is 0.234 e. The van der Waals surface area contributed by atoms with Gasteiger partial charge in [0.25, 0.3) is 0 Å². The van der Waals surface area contributed by atoms with E-state index in [-0.39, 0.29) is 5.91 Å². The maximum atomic E-state index is 13.0. The normalized spacial score (nSPS) is 16.3. The second kappa shape index (κ2) is 8.95. The number of methoxy groups -OCH3 is 1. The number of nitrogens with zero attached hydrogens (tertiary/aromatic N) is 1. The highest BCUT2D eigenvalue weighted by molar-refractivity contribution is 7.16. The Kier molecular flexibility index (Phi) is 6.63. The number of hydrogen-bond donors (Lipinski definition) is 2. The van der Waals surface area contributed by atoms with Gasteiger partial charge >= 0.3 is 0 Å². The van der Waals surface area contributed by atoms with Crippen molar-refractivity contribution in [2.24, 2.45) is 5.41 Å². The van der Waals surface area contributed by atoms with Crippen molar-refractivity contribution in [3.8, 4) is 11.3 Å². The Labute approximate surface area is 165 Å². The Bertz CT molecular complexity index is 759. The average molecular weight is 388 g/mol. The van der Waals surface area contributed by atoms with Gasteiger partial charge in [-0.05, 0) is 44.8 Å². The summed E-state index contributed by atoms with van der Waals surface area (Å²) in [5, 5.41) is 7.04. The van der Waals surface area contributed by atoms with Crippen LogP contribution < -0.4 is 10.6 Å². The van der Waals surface area contributed by atoms with Gasteiger partial charge < -0.3 is 15.4 Å². The fourth-order valence-corrected chi connectivity index (χ4v) is 4.51. The van der Waals surface area contributed by atoms with Crippen molar-refractivity contribution in [1.82, 2.24) is 10.3 Å². The Morgan fingerprint density at radius 1 is 1.30 bits per heavy atom. The van der Waals surface area contributed by atoms with E-state index in [2.05, 4.69) is 48.7 Å². The molecule has 0 unspecified atom stereocenters. The molecule has 1 amide bonds. The van der Waals surface area contributed by atoms with Gasteiger partial charge in [0, 0.05) is 17.6 Å². The molecule has 1 saturated heterocycles. The molecule has 1 aromatic carbocycles. The fraction of sp³-hybridized carbons (Fsp3) is 0.524. The molecule has 0 aliphatic carbocycles. The zero-order chi connectivity index (χ0) is 19.3. The van der Waals surface area contributed by atoms with E-state index in [1.165, 1.54) is 16.9 Å². The van der Waals surface area contributed by atoms with Crippen LogP contribution in [0.1, 0.15) is 36.6 Å². The van der Waals surface area contributed by atoms with Crippen molar-refractivity contribution in [3.05, 3.63) is 34.7 Å². The average Bonchev–Trinajstić information content (AvgIpc) is 3.04. The first-order valence-electron chi connectivity index (χ1n) is 9.66. The van der Waals surface area contributed by atoms with Crippen LogP contribution in [0.5, 0.6) is 0 Å². The smallest absolute Gasteiger partial charge is 0.234 e. The van der Waals surface area contributed by atoms with Crippen LogP contribution in [-0.2, 0) is 16.0 Å². The number of anilines is 1. The number of piperidine rings is 1. The molecule has 27 heavy (non-hydrogen) atoms. The Morgan fingerprint density at radius 2 is 2.00 bits per heavy atom. The molecule has 6 heteroatoms. The van der Waals surface area contributed by atoms with Crippen LogP contribution in [0.4, 0.5) is 5.13 Å². The number of carbonyl (C=O) groups is 1. The van der Waals surface area contributed by atoms with E-state index in [4.69, 9.17) is 9.72 Å². The van der Waals surface area contributed by atoms with Gasteiger partial charge in [0.15, 0.2) is 5.13 Å². The number of benzene rings is 1. The summed E-state index contributed by atoms with van der Waals surface area (Å²) in [6, 6.07) is 8.58. The van der Waals surface area contributed by atoms with Crippen molar-refractivity contribution in [1.29, 1.82) is 0 Å². The van der Waals surface area contributed by atoms with Gasteiger partial charge in [-0.1, -0.05) is 37.6 Å². The SMILES string of the molecule is CCCc1ccc(-c2nc(NC(=O)C3(COC)CCNCC3)sc2C)cc1. The van der Waals surface area contributed by atoms with E-state index in [1.54, 1.807) is 7.11 Å². The summed E-state index contributed by atoms with van der Waals surface area (Å²) in [4.78, 5) is 18.8. The standard InChI is InChI=1S/C21H29N3O2S/c1-4-5-16-6-8-17(9-7-16)18-15(2)27-20(23-18)24-19(25)21(14-26-3)10-12-22-13-11-21/h6-9,22H,4-5,10-14H2,1-3H3,(H,23,24,25). The second-order valence-corrected chi connectivity index (χ2v) is 8.49. The van der Waals surface area contributed by atoms with Crippen LogP contribution in [-0.4, -0.2) is 37.7 Å². The van der Waals surface area contributed by atoms with E-state index in [0.29, 0.717) is 11.7 Å². The summed E-state index contributed by atoms with van der Waals surface area (Å²) in [6.45, 7) is 6.35. The molecule has 2 N–H and O–H groups in total. The first kappa shape index (κ1) is 20.0. The zero-order valence-electron chi connectivity index (χ0n) is 16.4. The van der Waals surface area contributed by atoms with Crippen molar-refractivity contribution in [3.63, 3.8) is 0 Å². The number of aromatic nitrogens is 1. The molecule has 0 radical (unpaired) electrons. The maximum absolute atomic E-state index is 13.0. The monoisotopic (exact) mass is 387 g/mol. The molecule has 0 saturated carbocycles. The molecule has 1 aliphatic heterocycles. The second-order valence-electron chi connectivity index (χ2n) is 7.29. The van der Waals surface area contributed by atoms with Crippen LogP contribution in [0.3, 0.4) is 0 Å². The molecule has 0 atom stereocenters. The molecule has 1 aliphatic rings. The molecular formula is C21H29N3O2S. The minimum Gasteiger partial charge on any atom is -0.384 e. The van der Waals surface area contributed by atoms with Gasteiger partial charge in [0.2, 0.25) is 5.91 Å². The van der Waals surface area contributed by atoms with E-state index < -0.39 is 5.41 Å². The van der Waals surface area contributed by atoms with Crippen LogP contribution in [0.25, 0.3) is 11.3 Å². The lowest BCUT2D eigenvalue weighted by atomic mass is 9.79. The van der Waals surface area contributed by atoms with Crippen molar-refractivity contribution >= 4 is 22.4 Å². The highest BCUT2D eigenvalue weighted by Crippen LogP contribution is 2.34. The number of hydrogen-bond acceptors (Lipinski definition) is 5. The number of rotatable bonds is 7. The minimum absolute atomic E-state index is 0.0180. The summed E-state index contributed by atoms with van der Waals surface area (Å²) >= 11 is 1.53. The van der Waals surface area contributed by atoms with Crippen LogP contribution in [0.15, 0.2) is 24.3 Å². The molecule has 2 aromatic rings. The third kappa shape index (κ3) is 4.57. The molecule has 2 heterocycles. The number of thiazole rings is 1. The quantitative estimate of drug-likeness (QED) is 0.753.